The van der Waals surface area contributed by atoms with E-state index in [0.29, 0.717) is 30.9 Å². The van der Waals surface area contributed by atoms with Crippen LogP contribution in [0.2, 0.25) is 0 Å². The SMILES string of the molecule is COc1cccc(OCCNC(=O)C2CC2c2ccccc2F)c1. The molecule has 1 fully saturated rings. The summed E-state index contributed by atoms with van der Waals surface area (Å²) in [4.78, 5) is 12.1. The smallest absolute Gasteiger partial charge is 0.223 e. The minimum atomic E-state index is -0.237. The molecule has 2 aromatic rings. The number of hydrogen-bond donors (Lipinski definition) is 1. The van der Waals surface area contributed by atoms with Crippen molar-refractivity contribution in [2.24, 2.45) is 5.92 Å². The molecule has 24 heavy (non-hydrogen) atoms. The minimum absolute atomic E-state index is 0.00879. The van der Waals surface area contributed by atoms with Crippen molar-refractivity contribution in [2.45, 2.75) is 12.3 Å². The van der Waals surface area contributed by atoms with E-state index in [9.17, 15) is 9.18 Å². The van der Waals surface area contributed by atoms with E-state index >= 15 is 0 Å². The van der Waals surface area contributed by atoms with Gasteiger partial charge >= 0.3 is 0 Å². The van der Waals surface area contributed by atoms with Gasteiger partial charge in [0.05, 0.1) is 13.7 Å². The van der Waals surface area contributed by atoms with Crippen LogP contribution in [-0.4, -0.2) is 26.2 Å². The molecule has 0 saturated heterocycles. The highest BCUT2D eigenvalue weighted by atomic mass is 19.1. The van der Waals surface area contributed by atoms with Crippen LogP contribution >= 0.6 is 0 Å². The molecule has 1 saturated carbocycles. The summed E-state index contributed by atoms with van der Waals surface area (Å²) in [5.41, 5.74) is 0.630. The molecule has 1 amide bonds. The molecule has 0 aromatic heterocycles. The van der Waals surface area contributed by atoms with Crippen molar-refractivity contribution in [3.8, 4) is 11.5 Å². The van der Waals surface area contributed by atoms with Gasteiger partial charge in [-0.3, -0.25) is 4.79 Å². The van der Waals surface area contributed by atoms with Crippen molar-refractivity contribution in [3.63, 3.8) is 0 Å². The van der Waals surface area contributed by atoms with Crippen LogP contribution in [0.25, 0.3) is 0 Å². The Hall–Kier alpha value is -2.56. The topological polar surface area (TPSA) is 47.6 Å². The number of ether oxygens (including phenoxy) is 2. The van der Waals surface area contributed by atoms with Crippen LogP contribution in [0.4, 0.5) is 4.39 Å². The Bertz CT molecular complexity index is 719. The predicted molar refractivity (Wildman–Crippen MR) is 88.7 cm³/mol. The van der Waals surface area contributed by atoms with E-state index in [1.54, 1.807) is 31.4 Å². The molecule has 126 valence electrons. The Morgan fingerprint density at radius 2 is 2.00 bits per heavy atom. The Balaban J connectivity index is 1.41. The van der Waals surface area contributed by atoms with Gasteiger partial charge in [-0.15, -0.1) is 0 Å². The first-order valence-corrected chi connectivity index (χ1v) is 7.98. The zero-order valence-electron chi connectivity index (χ0n) is 13.5. The van der Waals surface area contributed by atoms with Gasteiger partial charge in [0.25, 0.3) is 0 Å². The second-order valence-corrected chi connectivity index (χ2v) is 5.79. The number of nitrogens with one attached hydrogen (secondary N) is 1. The third kappa shape index (κ3) is 3.85. The van der Waals surface area contributed by atoms with E-state index in [-0.39, 0.29) is 23.6 Å². The molecule has 4 nitrogen and oxygen atoms in total. The molecule has 1 aliphatic rings. The van der Waals surface area contributed by atoms with Crippen LogP contribution in [-0.2, 0) is 4.79 Å². The molecular weight excluding hydrogens is 309 g/mol. The van der Waals surface area contributed by atoms with Gasteiger partial charge in [0.1, 0.15) is 23.9 Å². The van der Waals surface area contributed by atoms with E-state index in [2.05, 4.69) is 5.32 Å². The van der Waals surface area contributed by atoms with Crippen molar-refractivity contribution >= 4 is 5.91 Å². The molecule has 5 heteroatoms. The Kier molecular flexibility index (Phi) is 4.99. The molecule has 1 N–H and O–H groups in total. The molecule has 1 aliphatic carbocycles. The predicted octanol–water partition coefficient (Wildman–Crippen LogP) is 3.13. The van der Waals surface area contributed by atoms with Crippen molar-refractivity contribution in [1.29, 1.82) is 0 Å². The van der Waals surface area contributed by atoms with E-state index < -0.39 is 0 Å². The number of carbonyl (C=O) groups is 1. The van der Waals surface area contributed by atoms with Gasteiger partial charge in [0.2, 0.25) is 5.91 Å². The molecule has 0 spiro atoms. The summed E-state index contributed by atoms with van der Waals surface area (Å²) in [6.07, 6.45) is 0.698. The van der Waals surface area contributed by atoms with Gasteiger partial charge in [0.15, 0.2) is 0 Å². The molecular formula is C19H20FNO3. The van der Waals surface area contributed by atoms with Gasteiger partial charge in [-0.2, -0.15) is 0 Å². The second-order valence-electron chi connectivity index (χ2n) is 5.79. The maximum absolute atomic E-state index is 13.7. The van der Waals surface area contributed by atoms with Crippen LogP contribution in [0.5, 0.6) is 11.5 Å². The number of methoxy groups -OCH3 is 1. The van der Waals surface area contributed by atoms with E-state index in [4.69, 9.17) is 9.47 Å². The molecule has 2 aromatic carbocycles. The number of hydrogen-bond acceptors (Lipinski definition) is 3. The first kappa shape index (κ1) is 16.3. The fourth-order valence-electron chi connectivity index (χ4n) is 2.77. The van der Waals surface area contributed by atoms with Crippen LogP contribution < -0.4 is 14.8 Å². The molecule has 0 aliphatic heterocycles. The molecule has 0 heterocycles. The summed E-state index contributed by atoms with van der Waals surface area (Å²) < 4.78 is 24.4. The van der Waals surface area contributed by atoms with Crippen molar-refractivity contribution in [3.05, 3.63) is 59.9 Å². The third-order valence-electron chi connectivity index (χ3n) is 4.14. The molecule has 2 atom stereocenters. The monoisotopic (exact) mass is 329 g/mol. The van der Waals surface area contributed by atoms with Crippen LogP contribution in [0, 0.1) is 11.7 Å². The lowest BCUT2D eigenvalue weighted by Gasteiger charge is -2.09. The van der Waals surface area contributed by atoms with Gasteiger partial charge in [-0.1, -0.05) is 24.3 Å². The quantitative estimate of drug-likeness (QED) is 0.794. The molecule has 0 radical (unpaired) electrons. The first-order chi connectivity index (χ1) is 11.7. The number of carbonyl (C=O) groups excluding carboxylic acids is 1. The van der Waals surface area contributed by atoms with Gasteiger partial charge in [0, 0.05) is 12.0 Å². The highest BCUT2D eigenvalue weighted by Gasteiger charge is 2.44. The summed E-state index contributed by atoms with van der Waals surface area (Å²) in [5, 5.41) is 2.85. The summed E-state index contributed by atoms with van der Waals surface area (Å²) in [7, 11) is 1.60. The zero-order chi connectivity index (χ0) is 16.9. The fourth-order valence-corrected chi connectivity index (χ4v) is 2.77. The van der Waals surface area contributed by atoms with Crippen LogP contribution in [0.1, 0.15) is 17.9 Å². The minimum Gasteiger partial charge on any atom is -0.497 e. The lowest BCUT2D eigenvalue weighted by molar-refractivity contribution is -0.122. The maximum atomic E-state index is 13.7. The van der Waals surface area contributed by atoms with Crippen molar-refractivity contribution in [2.75, 3.05) is 20.3 Å². The average molecular weight is 329 g/mol. The Morgan fingerprint density at radius 3 is 2.79 bits per heavy atom. The third-order valence-corrected chi connectivity index (χ3v) is 4.14. The number of amides is 1. The first-order valence-electron chi connectivity index (χ1n) is 7.98. The van der Waals surface area contributed by atoms with E-state index in [0.717, 1.165) is 5.75 Å². The largest absolute Gasteiger partial charge is 0.497 e. The zero-order valence-corrected chi connectivity index (χ0v) is 13.5. The lowest BCUT2D eigenvalue weighted by atomic mass is 10.1. The summed E-state index contributed by atoms with van der Waals surface area (Å²) >= 11 is 0. The number of rotatable bonds is 7. The van der Waals surface area contributed by atoms with Crippen LogP contribution in [0.3, 0.4) is 0 Å². The standard InChI is InChI=1S/C19H20FNO3/c1-23-13-5-4-6-14(11-13)24-10-9-21-19(22)17-12-16(17)15-7-2-3-8-18(15)20/h2-8,11,16-17H,9-10,12H2,1H3,(H,21,22). The molecule has 0 bridgehead atoms. The van der Waals surface area contributed by atoms with E-state index in [1.165, 1.54) is 6.07 Å². The van der Waals surface area contributed by atoms with Gasteiger partial charge < -0.3 is 14.8 Å². The lowest BCUT2D eigenvalue weighted by Crippen LogP contribution is -2.29. The number of halogens is 1. The fraction of sp³-hybridized carbons (Fsp3) is 0.316. The molecule has 3 rings (SSSR count). The summed E-state index contributed by atoms with van der Waals surface area (Å²) in [5.74, 6) is 0.988. The van der Waals surface area contributed by atoms with Gasteiger partial charge in [-0.25, -0.2) is 4.39 Å². The molecule has 2 unspecified atom stereocenters. The van der Waals surface area contributed by atoms with Crippen molar-refractivity contribution in [1.82, 2.24) is 5.32 Å². The summed E-state index contributed by atoms with van der Waals surface area (Å²) in [6, 6.07) is 13.9. The van der Waals surface area contributed by atoms with Crippen LogP contribution in [0.15, 0.2) is 48.5 Å². The number of benzene rings is 2. The average Bonchev–Trinajstić information content (AvgIpc) is 3.40. The normalized spacial score (nSPS) is 18.8. The maximum Gasteiger partial charge on any atom is 0.223 e. The van der Waals surface area contributed by atoms with Crippen molar-refractivity contribution < 1.29 is 18.7 Å². The summed E-state index contributed by atoms with van der Waals surface area (Å²) in [6.45, 7) is 0.784. The highest BCUT2D eigenvalue weighted by molar-refractivity contribution is 5.82. The Labute approximate surface area is 140 Å². The second kappa shape index (κ2) is 7.34. The Morgan fingerprint density at radius 1 is 1.21 bits per heavy atom. The van der Waals surface area contributed by atoms with E-state index in [1.807, 2.05) is 18.2 Å². The van der Waals surface area contributed by atoms with Gasteiger partial charge in [-0.05, 0) is 36.1 Å². The highest BCUT2D eigenvalue weighted by Crippen LogP contribution is 2.48.